The van der Waals surface area contributed by atoms with Crippen molar-refractivity contribution in [3.63, 3.8) is 0 Å². The molecular formula is C12H26N2O3S. The Kier molecular flexibility index (Phi) is 7.14. The van der Waals surface area contributed by atoms with E-state index in [0.717, 1.165) is 25.7 Å². The summed E-state index contributed by atoms with van der Waals surface area (Å²) in [5.41, 5.74) is 0. The first-order valence-electron chi connectivity index (χ1n) is 6.90. The molecule has 0 bridgehead atoms. The molecule has 18 heavy (non-hydrogen) atoms. The van der Waals surface area contributed by atoms with Crippen LogP contribution in [0.1, 0.15) is 51.4 Å². The maximum Gasteiger partial charge on any atom is 0.279 e. The average molecular weight is 278 g/mol. The molecule has 1 rings (SSSR count). The normalized spacial score (nSPS) is 19.7. The summed E-state index contributed by atoms with van der Waals surface area (Å²) in [7, 11) is -1.83. The van der Waals surface area contributed by atoms with Gasteiger partial charge in [0.25, 0.3) is 10.2 Å². The number of aliphatic hydroxyl groups is 1. The van der Waals surface area contributed by atoms with Gasteiger partial charge < -0.3 is 5.11 Å². The summed E-state index contributed by atoms with van der Waals surface area (Å²) in [6, 6.07) is 0.0758. The van der Waals surface area contributed by atoms with Crippen molar-refractivity contribution in [3.8, 4) is 0 Å². The Morgan fingerprint density at radius 3 is 2.28 bits per heavy atom. The maximum absolute atomic E-state index is 12.0. The molecule has 0 spiro atoms. The molecule has 1 aliphatic rings. The predicted octanol–water partition coefficient (Wildman–Crippen LogP) is 1.25. The van der Waals surface area contributed by atoms with Crippen LogP contribution in [0.4, 0.5) is 0 Å². The number of rotatable bonds is 6. The lowest BCUT2D eigenvalue weighted by Crippen LogP contribution is -2.44. The zero-order valence-electron chi connectivity index (χ0n) is 11.3. The molecule has 0 atom stereocenters. The van der Waals surface area contributed by atoms with Gasteiger partial charge in [0.15, 0.2) is 0 Å². The van der Waals surface area contributed by atoms with Gasteiger partial charge in [0, 0.05) is 26.2 Å². The van der Waals surface area contributed by atoms with Gasteiger partial charge in [-0.2, -0.15) is 17.4 Å². The molecule has 0 aliphatic heterocycles. The summed E-state index contributed by atoms with van der Waals surface area (Å²) in [6.45, 7) is 0.377. The number of nitrogens with zero attached hydrogens (tertiary/aromatic N) is 1. The van der Waals surface area contributed by atoms with E-state index in [1.54, 1.807) is 7.05 Å². The molecule has 5 nitrogen and oxygen atoms in total. The number of nitrogens with one attached hydrogen (secondary N) is 1. The van der Waals surface area contributed by atoms with Gasteiger partial charge in [-0.1, -0.05) is 32.1 Å². The molecule has 6 heteroatoms. The fourth-order valence-electron chi connectivity index (χ4n) is 2.29. The first-order valence-corrected chi connectivity index (χ1v) is 8.34. The van der Waals surface area contributed by atoms with Crippen molar-refractivity contribution >= 4 is 10.2 Å². The van der Waals surface area contributed by atoms with E-state index >= 15 is 0 Å². The van der Waals surface area contributed by atoms with Crippen LogP contribution in [0.5, 0.6) is 0 Å². The molecule has 2 N–H and O–H groups in total. The van der Waals surface area contributed by atoms with E-state index in [1.165, 1.54) is 23.6 Å². The minimum absolute atomic E-state index is 0.0172. The first kappa shape index (κ1) is 15.9. The van der Waals surface area contributed by atoms with Crippen LogP contribution in [-0.4, -0.2) is 44.1 Å². The number of aliphatic hydroxyl groups excluding tert-OH is 1. The highest BCUT2D eigenvalue weighted by Gasteiger charge is 2.22. The summed E-state index contributed by atoms with van der Waals surface area (Å²) >= 11 is 0. The summed E-state index contributed by atoms with van der Waals surface area (Å²) < 4.78 is 28.2. The highest BCUT2D eigenvalue weighted by Crippen LogP contribution is 2.18. The second-order valence-electron chi connectivity index (χ2n) is 5.06. The molecule has 0 aromatic heterocycles. The van der Waals surface area contributed by atoms with Crippen molar-refractivity contribution in [1.82, 2.24) is 9.03 Å². The van der Waals surface area contributed by atoms with E-state index in [2.05, 4.69) is 4.72 Å². The van der Waals surface area contributed by atoms with E-state index < -0.39 is 10.2 Å². The van der Waals surface area contributed by atoms with Gasteiger partial charge in [-0.3, -0.25) is 0 Å². The lowest BCUT2D eigenvalue weighted by Gasteiger charge is -2.24. The van der Waals surface area contributed by atoms with Crippen LogP contribution in [0.15, 0.2) is 0 Å². The largest absolute Gasteiger partial charge is 0.396 e. The molecule has 0 amide bonds. The van der Waals surface area contributed by atoms with Crippen molar-refractivity contribution in [2.45, 2.75) is 57.4 Å². The van der Waals surface area contributed by atoms with E-state index in [4.69, 9.17) is 5.11 Å². The van der Waals surface area contributed by atoms with Gasteiger partial charge in [-0.05, 0) is 19.3 Å². The van der Waals surface area contributed by atoms with Crippen LogP contribution in [0.2, 0.25) is 0 Å². The Labute approximate surface area is 111 Å². The van der Waals surface area contributed by atoms with E-state index in [9.17, 15) is 8.42 Å². The molecule has 1 aliphatic carbocycles. The molecule has 0 aromatic carbocycles. The predicted molar refractivity (Wildman–Crippen MR) is 72.5 cm³/mol. The van der Waals surface area contributed by atoms with Crippen molar-refractivity contribution in [1.29, 1.82) is 0 Å². The first-order chi connectivity index (χ1) is 8.56. The standard InChI is InChI=1S/C12H26N2O3S/c1-14(10-7-11-15)18(16,17)13-12-8-5-3-2-4-6-9-12/h12-13,15H,2-11H2,1H3. The van der Waals surface area contributed by atoms with E-state index in [1.807, 2.05) is 0 Å². The van der Waals surface area contributed by atoms with Gasteiger partial charge in [0.05, 0.1) is 0 Å². The fourth-order valence-corrected chi connectivity index (χ4v) is 3.49. The Morgan fingerprint density at radius 1 is 1.17 bits per heavy atom. The Hall–Kier alpha value is -0.170. The summed E-state index contributed by atoms with van der Waals surface area (Å²) in [6.07, 6.45) is 8.25. The monoisotopic (exact) mass is 278 g/mol. The van der Waals surface area contributed by atoms with Crippen molar-refractivity contribution in [2.24, 2.45) is 0 Å². The second kappa shape index (κ2) is 8.09. The highest BCUT2D eigenvalue weighted by molar-refractivity contribution is 7.87. The molecule has 0 unspecified atom stereocenters. The molecule has 1 fully saturated rings. The highest BCUT2D eigenvalue weighted by atomic mass is 32.2. The fraction of sp³-hybridized carbons (Fsp3) is 1.00. The lowest BCUT2D eigenvalue weighted by atomic mass is 9.97. The Morgan fingerprint density at radius 2 is 1.72 bits per heavy atom. The number of hydrogen-bond donors (Lipinski definition) is 2. The summed E-state index contributed by atoms with van der Waals surface area (Å²) in [4.78, 5) is 0. The minimum atomic E-state index is -3.39. The van der Waals surface area contributed by atoms with Crippen LogP contribution in [0.25, 0.3) is 0 Å². The van der Waals surface area contributed by atoms with Crippen LogP contribution in [-0.2, 0) is 10.2 Å². The summed E-state index contributed by atoms with van der Waals surface area (Å²) in [5.74, 6) is 0. The van der Waals surface area contributed by atoms with Gasteiger partial charge in [0.2, 0.25) is 0 Å². The van der Waals surface area contributed by atoms with Crippen molar-refractivity contribution in [3.05, 3.63) is 0 Å². The Bertz CT molecular complexity index is 311. The maximum atomic E-state index is 12.0. The molecule has 0 aromatic rings. The van der Waals surface area contributed by atoms with Crippen LogP contribution in [0.3, 0.4) is 0 Å². The third-order valence-electron chi connectivity index (χ3n) is 3.46. The van der Waals surface area contributed by atoms with Gasteiger partial charge in [0.1, 0.15) is 0 Å². The number of hydrogen-bond acceptors (Lipinski definition) is 3. The lowest BCUT2D eigenvalue weighted by molar-refractivity contribution is 0.274. The average Bonchev–Trinajstić information content (AvgIpc) is 2.29. The SMILES string of the molecule is CN(CCCO)S(=O)(=O)NC1CCCCCCC1. The van der Waals surface area contributed by atoms with Crippen molar-refractivity contribution < 1.29 is 13.5 Å². The van der Waals surface area contributed by atoms with Crippen molar-refractivity contribution in [2.75, 3.05) is 20.2 Å². The third kappa shape index (κ3) is 5.65. The van der Waals surface area contributed by atoms with E-state index in [-0.39, 0.29) is 12.6 Å². The molecule has 1 saturated carbocycles. The topological polar surface area (TPSA) is 69.6 Å². The molecule has 108 valence electrons. The zero-order chi connectivity index (χ0) is 13.4. The molecular weight excluding hydrogens is 252 g/mol. The molecule has 0 radical (unpaired) electrons. The van der Waals surface area contributed by atoms with Gasteiger partial charge >= 0.3 is 0 Å². The second-order valence-corrected chi connectivity index (χ2v) is 6.87. The van der Waals surface area contributed by atoms with Crippen LogP contribution < -0.4 is 4.72 Å². The smallest absolute Gasteiger partial charge is 0.279 e. The van der Waals surface area contributed by atoms with Gasteiger partial charge in [-0.25, -0.2) is 0 Å². The third-order valence-corrected chi connectivity index (χ3v) is 5.10. The van der Waals surface area contributed by atoms with Gasteiger partial charge in [-0.15, -0.1) is 0 Å². The quantitative estimate of drug-likeness (QED) is 0.768. The Balaban J connectivity index is 2.46. The molecule has 0 heterocycles. The van der Waals surface area contributed by atoms with Crippen LogP contribution >= 0.6 is 0 Å². The summed E-state index contributed by atoms with van der Waals surface area (Å²) in [5, 5.41) is 8.73. The molecule has 0 saturated heterocycles. The van der Waals surface area contributed by atoms with Crippen LogP contribution in [0, 0.1) is 0 Å². The van der Waals surface area contributed by atoms with E-state index in [0.29, 0.717) is 13.0 Å². The zero-order valence-corrected chi connectivity index (χ0v) is 12.1. The minimum Gasteiger partial charge on any atom is -0.396 e.